The van der Waals surface area contributed by atoms with E-state index in [4.69, 9.17) is 0 Å². The number of rotatable bonds is 5. The number of carbonyl (C=O) groups is 2. The summed E-state index contributed by atoms with van der Waals surface area (Å²) in [5.74, 6) is -0.578. The zero-order valence-corrected chi connectivity index (χ0v) is 9.63. The van der Waals surface area contributed by atoms with Crippen LogP contribution in [0, 0.1) is 0 Å². The van der Waals surface area contributed by atoms with Gasteiger partial charge in [-0.05, 0) is 19.8 Å². The van der Waals surface area contributed by atoms with Crippen molar-refractivity contribution in [3.05, 3.63) is 11.6 Å². The van der Waals surface area contributed by atoms with Crippen LogP contribution in [0.5, 0.6) is 0 Å². The SMILES string of the molecule is CCC=C(C)C(=O)OC(=O)NCCCC. The third kappa shape index (κ3) is 6.71. The molecule has 15 heavy (non-hydrogen) atoms. The van der Waals surface area contributed by atoms with Crippen molar-refractivity contribution in [3.8, 4) is 0 Å². The molecule has 0 bridgehead atoms. The molecule has 0 saturated heterocycles. The molecule has 0 aliphatic carbocycles. The average Bonchev–Trinajstić information content (AvgIpc) is 2.18. The van der Waals surface area contributed by atoms with E-state index in [-0.39, 0.29) is 0 Å². The summed E-state index contributed by atoms with van der Waals surface area (Å²) < 4.78 is 4.55. The molecule has 0 spiro atoms. The molecule has 0 saturated carbocycles. The number of unbranched alkanes of at least 4 members (excludes halogenated alkanes) is 1. The third-order valence-corrected chi connectivity index (χ3v) is 1.82. The summed E-state index contributed by atoms with van der Waals surface area (Å²) in [6, 6.07) is 0. The van der Waals surface area contributed by atoms with Crippen molar-refractivity contribution in [3.63, 3.8) is 0 Å². The van der Waals surface area contributed by atoms with Crippen molar-refractivity contribution in [2.75, 3.05) is 6.54 Å². The maximum atomic E-state index is 11.2. The average molecular weight is 213 g/mol. The fourth-order valence-electron chi connectivity index (χ4n) is 0.958. The number of nitrogens with one attached hydrogen (secondary N) is 1. The minimum Gasteiger partial charge on any atom is -0.373 e. The number of alkyl carbamates (subject to hydrolysis) is 1. The van der Waals surface area contributed by atoms with E-state index in [0.717, 1.165) is 19.3 Å². The second-order valence-corrected chi connectivity index (χ2v) is 3.25. The minimum absolute atomic E-state index is 0.461. The summed E-state index contributed by atoms with van der Waals surface area (Å²) in [4.78, 5) is 22.3. The second kappa shape index (κ2) is 8.03. The Labute approximate surface area is 90.7 Å². The topological polar surface area (TPSA) is 55.4 Å². The van der Waals surface area contributed by atoms with E-state index in [9.17, 15) is 9.59 Å². The summed E-state index contributed by atoms with van der Waals surface area (Å²) in [6.45, 7) is 6.11. The van der Waals surface area contributed by atoms with E-state index in [0.29, 0.717) is 12.1 Å². The van der Waals surface area contributed by atoms with Gasteiger partial charge in [0.15, 0.2) is 0 Å². The molecule has 0 fully saturated rings. The van der Waals surface area contributed by atoms with Gasteiger partial charge in [-0.3, -0.25) is 0 Å². The molecule has 1 amide bonds. The number of allylic oxidation sites excluding steroid dienone is 1. The first-order valence-electron chi connectivity index (χ1n) is 5.28. The molecule has 0 aromatic heterocycles. The maximum Gasteiger partial charge on any atom is 0.415 e. The van der Waals surface area contributed by atoms with E-state index < -0.39 is 12.1 Å². The van der Waals surface area contributed by atoms with Gasteiger partial charge in [-0.1, -0.05) is 26.3 Å². The Morgan fingerprint density at radius 1 is 1.33 bits per heavy atom. The first-order valence-corrected chi connectivity index (χ1v) is 5.28. The lowest BCUT2D eigenvalue weighted by Crippen LogP contribution is -2.27. The Hall–Kier alpha value is -1.32. The van der Waals surface area contributed by atoms with Crippen LogP contribution in [0.25, 0.3) is 0 Å². The van der Waals surface area contributed by atoms with E-state index in [2.05, 4.69) is 10.1 Å². The highest BCUT2D eigenvalue weighted by Gasteiger charge is 2.10. The lowest BCUT2D eigenvalue weighted by Gasteiger charge is -2.04. The fraction of sp³-hybridized carbons (Fsp3) is 0.636. The van der Waals surface area contributed by atoms with Gasteiger partial charge >= 0.3 is 12.1 Å². The third-order valence-electron chi connectivity index (χ3n) is 1.82. The summed E-state index contributed by atoms with van der Waals surface area (Å²) in [6.07, 6.45) is 3.67. The van der Waals surface area contributed by atoms with Crippen LogP contribution in [0.2, 0.25) is 0 Å². The lowest BCUT2D eigenvalue weighted by atomic mass is 10.2. The van der Waals surface area contributed by atoms with Crippen LogP contribution in [0.4, 0.5) is 4.79 Å². The molecular weight excluding hydrogens is 194 g/mol. The Bertz CT molecular complexity index is 246. The Morgan fingerprint density at radius 2 is 2.00 bits per heavy atom. The zero-order valence-electron chi connectivity index (χ0n) is 9.63. The van der Waals surface area contributed by atoms with Crippen LogP contribution in [0.1, 0.15) is 40.0 Å². The largest absolute Gasteiger partial charge is 0.415 e. The summed E-state index contributed by atoms with van der Waals surface area (Å²) in [5.41, 5.74) is 0.461. The number of hydrogen-bond donors (Lipinski definition) is 1. The Balaban J connectivity index is 3.86. The highest BCUT2D eigenvalue weighted by molar-refractivity contribution is 5.95. The van der Waals surface area contributed by atoms with E-state index >= 15 is 0 Å². The number of amides is 1. The van der Waals surface area contributed by atoms with Crippen LogP contribution >= 0.6 is 0 Å². The number of hydrogen-bond acceptors (Lipinski definition) is 3. The zero-order chi connectivity index (χ0) is 11.7. The fourth-order valence-corrected chi connectivity index (χ4v) is 0.958. The second-order valence-electron chi connectivity index (χ2n) is 3.25. The van der Waals surface area contributed by atoms with Crippen LogP contribution in [-0.2, 0) is 9.53 Å². The molecule has 0 radical (unpaired) electrons. The van der Waals surface area contributed by atoms with Gasteiger partial charge in [0.1, 0.15) is 0 Å². The molecule has 0 rings (SSSR count). The molecule has 4 nitrogen and oxygen atoms in total. The van der Waals surface area contributed by atoms with Gasteiger partial charge in [-0.2, -0.15) is 0 Å². The van der Waals surface area contributed by atoms with E-state index in [1.54, 1.807) is 13.0 Å². The minimum atomic E-state index is -0.669. The summed E-state index contributed by atoms with van der Waals surface area (Å²) >= 11 is 0. The van der Waals surface area contributed by atoms with Crippen molar-refractivity contribution in [2.45, 2.75) is 40.0 Å². The summed E-state index contributed by atoms with van der Waals surface area (Å²) in [7, 11) is 0. The van der Waals surface area contributed by atoms with Crippen molar-refractivity contribution in [1.82, 2.24) is 5.32 Å². The molecule has 0 unspecified atom stereocenters. The van der Waals surface area contributed by atoms with Gasteiger partial charge in [-0.15, -0.1) is 0 Å². The molecule has 1 N–H and O–H groups in total. The Kier molecular flexibility index (Phi) is 7.32. The molecular formula is C11H19NO3. The predicted molar refractivity (Wildman–Crippen MR) is 58.4 cm³/mol. The maximum absolute atomic E-state index is 11.2. The van der Waals surface area contributed by atoms with Crippen molar-refractivity contribution < 1.29 is 14.3 Å². The monoisotopic (exact) mass is 213 g/mol. The molecule has 0 aliphatic heterocycles. The van der Waals surface area contributed by atoms with Gasteiger partial charge in [0.2, 0.25) is 0 Å². The molecule has 86 valence electrons. The first-order chi connectivity index (χ1) is 7.11. The van der Waals surface area contributed by atoms with Gasteiger partial charge < -0.3 is 10.1 Å². The summed E-state index contributed by atoms with van der Waals surface area (Å²) in [5, 5.41) is 2.50. The standard InChI is InChI=1S/C11H19NO3/c1-4-6-8-12-11(14)15-10(13)9(3)7-5-2/h7H,4-6,8H2,1-3H3,(H,12,14). The van der Waals surface area contributed by atoms with E-state index in [1.807, 2.05) is 13.8 Å². The molecule has 0 aromatic carbocycles. The van der Waals surface area contributed by atoms with E-state index in [1.165, 1.54) is 0 Å². The smallest absolute Gasteiger partial charge is 0.373 e. The van der Waals surface area contributed by atoms with Crippen LogP contribution in [-0.4, -0.2) is 18.6 Å². The van der Waals surface area contributed by atoms with Crippen LogP contribution in [0.3, 0.4) is 0 Å². The predicted octanol–water partition coefficient (Wildman–Crippen LogP) is 2.40. The molecule has 0 aliphatic rings. The highest BCUT2D eigenvalue weighted by Crippen LogP contribution is 1.98. The quantitative estimate of drug-likeness (QED) is 0.330. The number of ether oxygens (including phenoxy) is 1. The van der Waals surface area contributed by atoms with Crippen LogP contribution in [0.15, 0.2) is 11.6 Å². The molecule has 0 heterocycles. The molecule has 0 aromatic rings. The highest BCUT2D eigenvalue weighted by atomic mass is 16.6. The first kappa shape index (κ1) is 13.7. The van der Waals surface area contributed by atoms with Crippen LogP contribution < -0.4 is 5.32 Å². The number of carbonyl (C=O) groups excluding carboxylic acids is 2. The van der Waals surface area contributed by atoms with Gasteiger partial charge in [0.05, 0.1) is 0 Å². The van der Waals surface area contributed by atoms with Crippen molar-refractivity contribution in [2.24, 2.45) is 0 Å². The van der Waals surface area contributed by atoms with Gasteiger partial charge in [-0.25, -0.2) is 9.59 Å². The van der Waals surface area contributed by atoms with Gasteiger partial charge in [0, 0.05) is 12.1 Å². The lowest BCUT2D eigenvalue weighted by molar-refractivity contribution is -0.132. The van der Waals surface area contributed by atoms with Gasteiger partial charge in [0.25, 0.3) is 0 Å². The number of esters is 1. The Morgan fingerprint density at radius 3 is 2.53 bits per heavy atom. The van der Waals surface area contributed by atoms with Crippen molar-refractivity contribution >= 4 is 12.1 Å². The molecule has 0 atom stereocenters. The normalized spacial score (nSPS) is 11.0. The molecule has 4 heteroatoms. The van der Waals surface area contributed by atoms with Crippen molar-refractivity contribution in [1.29, 1.82) is 0 Å².